The van der Waals surface area contributed by atoms with Crippen LogP contribution in [0, 0.1) is 11.6 Å². The van der Waals surface area contributed by atoms with Crippen LogP contribution in [0.4, 0.5) is 8.78 Å². The lowest BCUT2D eigenvalue weighted by Crippen LogP contribution is -2.27. The molecule has 0 aromatic heterocycles. The van der Waals surface area contributed by atoms with Crippen LogP contribution in [0.2, 0.25) is 0 Å². The smallest absolute Gasteiger partial charge is 0.251 e. The monoisotopic (exact) mass is 275 g/mol. The number of rotatable bonds is 4. The van der Waals surface area contributed by atoms with E-state index in [4.69, 9.17) is 0 Å². The van der Waals surface area contributed by atoms with Crippen molar-refractivity contribution in [3.63, 3.8) is 0 Å². The van der Waals surface area contributed by atoms with Gasteiger partial charge in [-0.2, -0.15) is 0 Å². The zero-order chi connectivity index (χ0) is 14.5. The largest absolute Gasteiger partial charge is 0.351 e. The van der Waals surface area contributed by atoms with Crippen molar-refractivity contribution in [2.45, 2.75) is 12.8 Å². The number of nitrogens with one attached hydrogen (secondary N) is 1. The van der Waals surface area contributed by atoms with Crippen LogP contribution in [0.3, 0.4) is 0 Å². The second kappa shape index (κ2) is 6.28. The fraction of sp³-hybridized carbons (Fsp3) is 0.188. The second-order valence-corrected chi connectivity index (χ2v) is 4.68. The fourth-order valence-electron chi connectivity index (χ4n) is 1.93. The van der Waals surface area contributed by atoms with Gasteiger partial charge in [0.1, 0.15) is 11.6 Å². The predicted molar refractivity (Wildman–Crippen MR) is 73.5 cm³/mol. The lowest BCUT2D eigenvalue weighted by atomic mass is 10.0. The number of benzene rings is 2. The highest BCUT2D eigenvalue weighted by molar-refractivity contribution is 5.94. The Morgan fingerprint density at radius 2 is 1.70 bits per heavy atom. The van der Waals surface area contributed by atoms with Crippen LogP contribution < -0.4 is 5.32 Å². The van der Waals surface area contributed by atoms with E-state index in [1.54, 1.807) is 0 Å². The van der Waals surface area contributed by atoms with E-state index in [1.165, 1.54) is 0 Å². The van der Waals surface area contributed by atoms with Gasteiger partial charge in [0.15, 0.2) is 0 Å². The van der Waals surface area contributed by atoms with Gasteiger partial charge in [0.25, 0.3) is 5.91 Å². The van der Waals surface area contributed by atoms with E-state index in [1.807, 2.05) is 37.3 Å². The topological polar surface area (TPSA) is 29.1 Å². The first-order valence-corrected chi connectivity index (χ1v) is 6.35. The van der Waals surface area contributed by atoms with Gasteiger partial charge in [0, 0.05) is 18.2 Å². The molecule has 2 aromatic carbocycles. The minimum absolute atomic E-state index is 0.0113. The molecular formula is C16H15F2NO. The highest BCUT2D eigenvalue weighted by Crippen LogP contribution is 2.14. The van der Waals surface area contributed by atoms with E-state index in [0.29, 0.717) is 6.54 Å². The maximum atomic E-state index is 13.0. The van der Waals surface area contributed by atoms with Crippen LogP contribution in [0.1, 0.15) is 28.8 Å². The molecule has 0 spiro atoms. The Labute approximate surface area is 116 Å². The van der Waals surface area contributed by atoms with Gasteiger partial charge in [-0.25, -0.2) is 8.78 Å². The van der Waals surface area contributed by atoms with Gasteiger partial charge < -0.3 is 5.32 Å². The lowest BCUT2D eigenvalue weighted by molar-refractivity contribution is 0.0950. The molecule has 4 heteroatoms. The average Bonchev–Trinajstić information content (AvgIpc) is 2.44. The Morgan fingerprint density at radius 3 is 2.30 bits per heavy atom. The Bertz CT molecular complexity index is 578. The summed E-state index contributed by atoms with van der Waals surface area (Å²) in [5, 5.41) is 2.68. The van der Waals surface area contributed by atoms with Crippen molar-refractivity contribution in [3.8, 4) is 0 Å². The van der Waals surface area contributed by atoms with Crippen LogP contribution >= 0.6 is 0 Å². The second-order valence-electron chi connectivity index (χ2n) is 4.68. The SMILES string of the molecule is CC(CNC(=O)c1cc(F)cc(F)c1)c1ccccc1. The van der Waals surface area contributed by atoms with Crippen molar-refractivity contribution >= 4 is 5.91 Å². The average molecular weight is 275 g/mol. The molecule has 2 aromatic rings. The molecule has 0 saturated carbocycles. The standard InChI is InChI=1S/C16H15F2NO/c1-11(12-5-3-2-4-6-12)10-19-16(20)13-7-14(17)9-15(18)8-13/h2-9,11H,10H2,1H3,(H,19,20). The summed E-state index contributed by atoms with van der Waals surface area (Å²) in [5.74, 6) is -1.87. The maximum Gasteiger partial charge on any atom is 0.251 e. The molecule has 1 unspecified atom stereocenters. The molecule has 1 amide bonds. The molecule has 104 valence electrons. The number of hydrogen-bond donors (Lipinski definition) is 1. The number of hydrogen-bond acceptors (Lipinski definition) is 1. The van der Waals surface area contributed by atoms with Crippen LogP contribution in [-0.2, 0) is 0 Å². The summed E-state index contributed by atoms with van der Waals surface area (Å²) in [5.41, 5.74) is 1.08. The summed E-state index contributed by atoms with van der Waals surface area (Å²) in [6.07, 6.45) is 0. The maximum absolute atomic E-state index is 13.0. The van der Waals surface area contributed by atoms with Gasteiger partial charge in [-0.1, -0.05) is 37.3 Å². The van der Waals surface area contributed by atoms with Crippen LogP contribution in [0.15, 0.2) is 48.5 Å². The van der Waals surface area contributed by atoms with Crippen molar-refractivity contribution in [2.24, 2.45) is 0 Å². The third kappa shape index (κ3) is 3.63. The van der Waals surface area contributed by atoms with E-state index in [-0.39, 0.29) is 11.5 Å². The van der Waals surface area contributed by atoms with Gasteiger partial charge in [-0.3, -0.25) is 4.79 Å². The van der Waals surface area contributed by atoms with Gasteiger partial charge in [-0.05, 0) is 23.6 Å². The molecule has 0 fully saturated rings. The van der Waals surface area contributed by atoms with Crippen LogP contribution in [0.5, 0.6) is 0 Å². The molecule has 2 rings (SSSR count). The fourth-order valence-corrected chi connectivity index (χ4v) is 1.93. The molecule has 1 N–H and O–H groups in total. The van der Waals surface area contributed by atoms with E-state index in [2.05, 4.69) is 5.32 Å². The predicted octanol–water partition coefficient (Wildman–Crippen LogP) is 3.50. The Morgan fingerprint density at radius 1 is 1.10 bits per heavy atom. The lowest BCUT2D eigenvalue weighted by Gasteiger charge is -2.13. The molecule has 0 saturated heterocycles. The molecule has 0 aliphatic rings. The quantitative estimate of drug-likeness (QED) is 0.909. The summed E-state index contributed by atoms with van der Waals surface area (Å²) >= 11 is 0. The highest BCUT2D eigenvalue weighted by atomic mass is 19.1. The third-order valence-corrected chi connectivity index (χ3v) is 3.06. The Balaban J connectivity index is 1.98. The van der Waals surface area contributed by atoms with Gasteiger partial charge in [-0.15, -0.1) is 0 Å². The molecule has 0 bridgehead atoms. The molecule has 0 radical (unpaired) electrons. The highest BCUT2D eigenvalue weighted by Gasteiger charge is 2.11. The first-order valence-electron chi connectivity index (χ1n) is 6.35. The number of halogens is 2. The van der Waals surface area contributed by atoms with Gasteiger partial charge in [0.2, 0.25) is 0 Å². The zero-order valence-corrected chi connectivity index (χ0v) is 11.1. The van der Waals surface area contributed by atoms with E-state index >= 15 is 0 Å². The summed E-state index contributed by atoms with van der Waals surface area (Å²) in [6.45, 7) is 2.38. The number of carbonyl (C=O) groups is 1. The Kier molecular flexibility index (Phi) is 4.45. The van der Waals surface area contributed by atoms with E-state index < -0.39 is 17.5 Å². The minimum atomic E-state index is -0.758. The molecule has 0 aliphatic heterocycles. The van der Waals surface area contributed by atoms with Crippen molar-refractivity contribution < 1.29 is 13.6 Å². The van der Waals surface area contributed by atoms with Crippen molar-refractivity contribution in [3.05, 3.63) is 71.3 Å². The summed E-state index contributed by atoms with van der Waals surface area (Å²) in [4.78, 5) is 11.8. The summed E-state index contributed by atoms with van der Waals surface area (Å²) in [6, 6.07) is 12.5. The molecule has 1 atom stereocenters. The Hall–Kier alpha value is -2.23. The molecule has 20 heavy (non-hydrogen) atoms. The molecule has 0 heterocycles. The van der Waals surface area contributed by atoms with Crippen LogP contribution in [0.25, 0.3) is 0 Å². The summed E-state index contributed by atoms with van der Waals surface area (Å²) < 4.78 is 26.1. The minimum Gasteiger partial charge on any atom is -0.351 e. The summed E-state index contributed by atoms with van der Waals surface area (Å²) in [7, 11) is 0. The first-order chi connectivity index (χ1) is 9.56. The number of carbonyl (C=O) groups excluding carboxylic acids is 1. The van der Waals surface area contributed by atoms with Crippen molar-refractivity contribution in [2.75, 3.05) is 6.54 Å². The number of amides is 1. The van der Waals surface area contributed by atoms with Crippen molar-refractivity contribution in [1.29, 1.82) is 0 Å². The van der Waals surface area contributed by atoms with E-state index in [0.717, 1.165) is 23.8 Å². The normalized spacial score (nSPS) is 11.9. The third-order valence-electron chi connectivity index (χ3n) is 3.06. The van der Waals surface area contributed by atoms with Gasteiger partial charge >= 0.3 is 0 Å². The molecular weight excluding hydrogens is 260 g/mol. The van der Waals surface area contributed by atoms with Crippen molar-refractivity contribution in [1.82, 2.24) is 5.32 Å². The molecule has 0 aliphatic carbocycles. The van der Waals surface area contributed by atoms with Crippen LogP contribution in [-0.4, -0.2) is 12.5 Å². The molecule has 2 nitrogen and oxygen atoms in total. The van der Waals surface area contributed by atoms with Gasteiger partial charge in [0.05, 0.1) is 0 Å². The van der Waals surface area contributed by atoms with E-state index in [9.17, 15) is 13.6 Å². The zero-order valence-electron chi connectivity index (χ0n) is 11.1. The first kappa shape index (κ1) is 14.2.